The van der Waals surface area contributed by atoms with Crippen LogP contribution in [0.1, 0.15) is 58.2 Å². The molecule has 0 bridgehead atoms. The van der Waals surface area contributed by atoms with Gasteiger partial charge < -0.3 is 14.2 Å². The summed E-state index contributed by atoms with van der Waals surface area (Å²) >= 11 is 0. The van der Waals surface area contributed by atoms with Gasteiger partial charge in [-0.05, 0) is 65.8 Å². The number of ether oxygens (including phenoxy) is 3. The van der Waals surface area contributed by atoms with E-state index in [4.69, 9.17) is 14.2 Å². The standard InChI is InChI=1S/C25H30N2O6/c1-14-10-15(2)12-17(11-14)23(29)27(25(4,5)6)26-22(28)18-8-9-19-21(16(18)3)33-20(13-32-19)24(30)31-7/h8-12,20H,13H2,1-7H3,(H,26,28)/t20-/m1/s1. The molecule has 1 atom stereocenters. The van der Waals surface area contributed by atoms with Crippen molar-refractivity contribution in [2.75, 3.05) is 13.7 Å². The number of hydrogen-bond acceptors (Lipinski definition) is 6. The van der Waals surface area contributed by atoms with Crippen molar-refractivity contribution >= 4 is 17.8 Å². The summed E-state index contributed by atoms with van der Waals surface area (Å²) in [5.74, 6) is -0.626. The number of esters is 1. The third kappa shape index (κ3) is 5.10. The number of rotatable bonds is 3. The molecule has 2 aromatic carbocycles. The fraction of sp³-hybridized carbons (Fsp3) is 0.400. The smallest absolute Gasteiger partial charge is 0.350 e. The zero-order valence-corrected chi connectivity index (χ0v) is 20.1. The number of benzene rings is 2. The molecule has 0 unspecified atom stereocenters. The molecule has 176 valence electrons. The molecule has 0 saturated heterocycles. The molecule has 8 nitrogen and oxygen atoms in total. The number of nitrogens with zero attached hydrogens (tertiary/aromatic N) is 1. The fourth-order valence-corrected chi connectivity index (χ4v) is 3.67. The molecule has 0 aromatic heterocycles. The normalized spacial score (nSPS) is 14.9. The van der Waals surface area contributed by atoms with Crippen LogP contribution in [0.5, 0.6) is 11.5 Å². The van der Waals surface area contributed by atoms with Crippen molar-refractivity contribution < 1.29 is 28.6 Å². The van der Waals surface area contributed by atoms with Gasteiger partial charge in [-0.1, -0.05) is 17.2 Å². The number of methoxy groups -OCH3 is 1. The second kappa shape index (κ2) is 9.13. The van der Waals surface area contributed by atoms with Crippen LogP contribution in [0.15, 0.2) is 30.3 Å². The van der Waals surface area contributed by atoms with Gasteiger partial charge in [0.15, 0.2) is 11.5 Å². The van der Waals surface area contributed by atoms with E-state index in [2.05, 4.69) is 5.43 Å². The van der Waals surface area contributed by atoms with Crippen LogP contribution in [0.2, 0.25) is 0 Å². The Labute approximate surface area is 193 Å². The number of hydrazine groups is 1. The second-order valence-electron chi connectivity index (χ2n) is 9.13. The summed E-state index contributed by atoms with van der Waals surface area (Å²) in [5.41, 5.74) is 5.26. The van der Waals surface area contributed by atoms with Crippen LogP contribution >= 0.6 is 0 Å². The van der Waals surface area contributed by atoms with E-state index in [1.165, 1.54) is 12.1 Å². The molecule has 2 aromatic rings. The summed E-state index contributed by atoms with van der Waals surface area (Å²) in [6.45, 7) is 11.1. The van der Waals surface area contributed by atoms with Crippen molar-refractivity contribution in [2.45, 2.75) is 53.2 Å². The molecule has 3 rings (SSSR count). The largest absolute Gasteiger partial charge is 0.485 e. The summed E-state index contributed by atoms with van der Waals surface area (Å²) < 4.78 is 16.1. The maximum Gasteiger partial charge on any atom is 0.350 e. The van der Waals surface area contributed by atoms with Crippen molar-refractivity contribution in [3.8, 4) is 11.5 Å². The van der Waals surface area contributed by atoms with Gasteiger partial charge in [-0.2, -0.15) is 0 Å². The van der Waals surface area contributed by atoms with Gasteiger partial charge >= 0.3 is 5.97 Å². The van der Waals surface area contributed by atoms with E-state index >= 15 is 0 Å². The second-order valence-corrected chi connectivity index (χ2v) is 9.13. The highest BCUT2D eigenvalue weighted by Gasteiger charge is 2.33. The minimum absolute atomic E-state index is 0.0207. The minimum Gasteiger partial charge on any atom is -0.485 e. The van der Waals surface area contributed by atoms with Gasteiger partial charge in [0, 0.05) is 16.7 Å². The van der Waals surface area contributed by atoms with Crippen LogP contribution in [0.4, 0.5) is 0 Å². The van der Waals surface area contributed by atoms with Crippen molar-refractivity contribution in [2.24, 2.45) is 0 Å². The summed E-state index contributed by atoms with van der Waals surface area (Å²) in [4.78, 5) is 38.5. The molecule has 0 spiro atoms. The quantitative estimate of drug-likeness (QED) is 0.564. The first-order valence-corrected chi connectivity index (χ1v) is 10.7. The van der Waals surface area contributed by atoms with Crippen LogP contribution in [0.25, 0.3) is 0 Å². The summed E-state index contributed by atoms with van der Waals surface area (Å²) in [6.07, 6.45) is -0.920. The Morgan fingerprint density at radius 2 is 1.70 bits per heavy atom. The van der Waals surface area contributed by atoms with Crippen molar-refractivity contribution in [1.29, 1.82) is 0 Å². The van der Waals surface area contributed by atoms with Gasteiger partial charge in [0.05, 0.1) is 12.6 Å². The van der Waals surface area contributed by atoms with Gasteiger partial charge in [-0.25, -0.2) is 9.80 Å². The first kappa shape index (κ1) is 24.1. The highest BCUT2D eigenvalue weighted by atomic mass is 16.6. The molecule has 1 heterocycles. The predicted octanol–water partition coefficient (Wildman–Crippen LogP) is 3.51. The molecule has 0 saturated carbocycles. The SMILES string of the molecule is COC(=O)[C@H]1COc2ccc(C(=O)NN(C(=O)c3cc(C)cc(C)c3)C(C)(C)C)c(C)c2O1. The third-order valence-electron chi connectivity index (χ3n) is 5.28. The third-order valence-corrected chi connectivity index (χ3v) is 5.28. The lowest BCUT2D eigenvalue weighted by molar-refractivity contribution is -0.151. The molecule has 2 amide bonds. The highest BCUT2D eigenvalue weighted by molar-refractivity contribution is 6.00. The molecule has 1 aliphatic heterocycles. The maximum absolute atomic E-state index is 13.3. The monoisotopic (exact) mass is 454 g/mol. The predicted molar refractivity (Wildman–Crippen MR) is 122 cm³/mol. The van der Waals surface area contributed by atoms with Crippen LogP contribution in [0.3, 0.4) is 0 Å². The topological polar surface area (TPSA) is 94.2 Å². The number of hydrogen-bond donors (Lipinski definition) is 1. The van der Waals surface area contributed by atoms with E-state index in [-0.39, 0.29) is 12.5 Å². The Balaban J connectivity index is 1.91. The number of aryl methyl sites for hydroxylation is 2. The summed E-state index contributed by atoms with van der Waals surface area (Å²) in [7, 11) is 1.27. The minimum atomic E-state index is -0.920. The van der Waals surface area contributed by atoms with Crippen molar-refractivity contribution in [1.82, 2.24) is 10.4 Å². The Bertz CT molecular complexity index is 1080. The Hall–Kier alpha value is -3.55. The number of carbonyl (C=O) groups is 3. The number of fused-ring (bicyclic) bond motifs is 1. The lowest BCUT2D eigenvalue weighted by Gasteiger charge is -2.36. The molecule has 8 heteroatoms. The first-order chi connectivity index (χ1) is 15.4. The van der Waals surface area contributed by atoms with Crippen LogP contribution in [-0.2, 0) is 9.53 Å². The van der Waals surface area contributed by atoms with Gasteiger partial charge in [0.1, 0.15) is 6.61 Å². The zero-order valence-electron chi connectivity index (χ0n) is 20.1. The van der Waals surface area contributed by atoms with Crippen molar-refractivity contribution in [3.63, 3.8) is 0 Å². The molecule has 0 radical (unpaired) electrons. The highest BCUT2D eigenvalue weighted by Crippen LogP contribution is 2.37. The molecule has 1 N–H and O–H groups in total. The van der Waals surface area contributed by atoms with E-state index in [0.29, 0.717) is 28.2 Å². The molecule has 1 aliphatic rings. The van der Waals surface area contributed by atoms with E-state index in [9.17, 15) is 14.4 Å². The van der Waals surface area contributed by atoms with Crippen LogP contribution in [-0.4, -0.2) is 48.2 Å². The van der Waals surface area contributed by atoms with Crippen molar-refractivity contribution in [3.05, 3.63) is 58.1 Å². The Morgan fingerprint density at radius 1 is 1.06 bits per heavy atom. The summed E-state index contributed by atoms with van der Waals surface area (Å²) in [6, 6.07) is 8.79. The van der Waals surface area contributed by atoms with Gasteiger partial charge in [-0.15, -0.1) is 0 Å². The number of carbonyl (C=O) groups excluding carboxylic acids is 3. The van der Waals surface area contributed by atoms with E-state index in [0.717, 1.165) is 11.1 Å². The van der Waals surface area contributed by atoms with Gasteiger partial charge in [0.25, 0.3) is 11.8 Å². The number of nitrogens with one attached hydrogen (secondary N) is 1. The molecule has 0 aliphatic carbocycles. The molecular weight excluding hydrogens is 424 g/mol. The van der Waals surface area contributed by atoms with E-state index < -0.39 is 23.5 Å². The van der Waals surface area contributed by atoms with Gasteiger partial charge in [0.2, 0.25) is 6.10 Å². The fourth-order valence-electron chi connectivity index (χ4n) is 3.67. The maximum atomic E-state index is 13.3. The number of amides is 2. The average molecular weight is 455 g/mol. The lowest BCUT2D eigenvalue weighted by atomic mass is 10.0. The van der Waals surface area contributed by atoms with Crippen LogP contribution in [0, 0.1) is 20.8 Å². The van der Waals surface area contributed by atoms with E-state index in [1.54, 1.807) is 31.2 Å². The van der Waals surface area contributed by atoms with Gasteiger partial charge in [-0.3, -0.25) is 15.0 Å². The van der Waals surface area contributed by atoms with Crippen LogP contribution < -0.4 is 14.9 Å². The lowest BCUT2D eigenvalue weighted by Crippen LogP contribution is -2.56. The summed E-state index contributed by atoms with van der Waals surface area (Å²) in [5, 5.41) is 1.33. The Kier molecular flexibility index (Phi) is 6.67. The molecule has 33 heavy (non-hydrogen) atoms. The van der Waals surface area contributed by atoms with E-state index in [1.807, 2.05) is 40.7 Å². The first-order valence-electron chi connectivity index (χ1n) is 10.7. The Morgan fingerprint density at radius 3 is 2.27 bits per heavy atom. The average Bonchev–Trinajstić information content (AvgIpc) is 2.75. The molecule has 0 fully saturated rings. The molecular formula is C25H30N2O6. The zero-order chi connectivity index (χ0) is 24.5.